The van der Waals surface area contributed by atoms with Gasteiger partial charge in [-0.1, -0.05) is 19.1 Å². The number of rotatable bonds is 5. The molecule has 12 nitrogen and oxygen atoms in total. The number of esters is 1. The highest BCUT2D eigenvalue weighted by atomic mass is 16.6. The standard InChI is InChI=1S/C33H42N2O8.CO2/c1-18-6-7-23-24(12-18)34-33-28-16-22-19(2)29(36)25(15-21(22)17-35(28)9-8-32(23,33)41-10-11-42-33)43-31(37)20-13-26(38-3)30(40-5)27(14-20)39-4;2-1-3/h6-7,12-14,19,21-22,25,28-29,34,36H,8-11,15-17H2,1-5H3;/t19-,21+,22+,25+,28+,29+,32-,33-;/m0./s1. The van der Waals surface area contributed by atoms with Gasteiger partial charge in [0.2, 0.25) is 5.75 Å². The Bertz CT molecular complexity index is 1490. The van der Waals surface area contributed by atoms with E-state index in [0.29, 0.717) is 36.9 Å². The summed E-state index contributed by atoms with van der Waals surface area (Å²) >= 11 is 0. The third kappa shape index (κ3) is 4.94. The van der Waals surface area contributed by atoms with Crippen LogP contribution in [0.1, 0.15) is 47.7 Å². The van der Waals surface area contributed by atoms with E-state index in [1.54, 1.807) is 12.1 Å². The van der Waals surface area contributed by atoms with Crippen LogP contribution in [0.25, 0.3) is 0 Å². The number of methoxy groups -OCH3 is 3. The number of hydrogen-bond donors (Lipinski definition) is 2. The van der Waals surface area contributed by atoms with Crippen LogP contribution in [0.3, 0.4) is 0 Å². The van der Waals surface area contributed by atoms with Gasteiger partial charge in [-0.15, -0.1) is 0 Å². The maximum Gasteiger partial charge on any atom is 0.373 e. The second-order valence-corrected chi connectivity index (χ2v) is 12.9. The summed E-state index contributed by atoms with van der Waals surface area (Å²) < 4.78 is 35.7. The molecule has 1 saturated carbocycles. The zero-order valence-electron chi connectivity index (χ0n) is 26.9. The molecule has 248 valence electrons. The van der Waals surface area contributed by atoms with E-state index in [9.17, 15) is 9.90 Å². The zero-order chi connectivity index (χ0) is 32.8. The average molecular weight is 639 g/mol. The van der Waals surface area contributed by atoms with Crippen molar-refractivity contribution in [3.8, 4) is 17.2 Å². The molecule has 2 N–H and O–H groups in total. The molecule has 46 heavy (non-hydrogen) atoms. The Morgan fingerprint density at radius 2 is 1.74 bits per heavy atom. The number of piperidine rings is 2. The number of nitrogens with one attached hydrogen (secondary N) is 1. The number of aliphatic hydroxyl groups is 1. The number of ether oxygens (including phenoxy) is 6. The highest BCUT2D eigenvalue weighted by Crippen LogP contribution is 2.60. The molecule has 12 heteroatoms. The summed E-state index contributed by atoms with van der Waals surface area (Å²) in [6.45, 7) is 7.05. The molecule has 0 radical (unpaired) electrons. The van der Waals surface area contributed by atoms with E-state index >= 15 is 0 Å². The number of benzene rings is 2. The number of aliphatic hydroxyl groups excluding tert-OH is 1. The molecular formula is C34H42N2O10. The van der Waals surface area contributed by atoms with Crippen molar-refractivity contribution in [1.82, 2.24) is 4.90 Å². The van der Waals surface area contributed by atoms with Crippen molar-refractivity contribution >= 4 is 17.8 Å². The Morgan fingerprint density at radius 3 is 2.41 bits per heavy atom. The van der Waals surface area contributed by atoms with Crippen LogP contribution in [-0.2, 0) is 29.4 Å². The summed E-state index contributed by atoms with van der Waals surface area (Å²) in [7, 11) is 4.52. The number of carbonyl (C=O) groups is 1. The summed E-state index contributed by atoms with van der Waals surface area (Å²) in [4.78, 5) is 32.2. The maximum absolute atomic E-state index is 13.4. The van der Waals surface area contributed by atoms with E-state index < -0.39 is 29.5 Å². The van der Waals surface area contributed by atoms with Crippen LogP contribution in [-0.4, -0.2) is 93.7 Å². The van der Waals surface area contributed by atoms with Gasteiger partial charge >= 0.3 is 12.1 Å². The Morgan fingerprint density at radius 1 is 1.04 bits per heavy atom. The lowest BCUT2D eigenvalue weighted by molar-refractivity contribution is -0.300. The van der Waals surface area contributed by atoms with Crippen molar-refractivity contribution < 1.29 is 47.9 Å². The lowest BCUT2D eigenvalue weighted by Gasteiger charge is -2.62. The minimum Gasteiger partial charge on any atom is -0.493 e. The van der Waals surface area contributed by atoms with Crippen LogP contribution < -0.4 is 19.5 Å². The molecule has 2 aromatic carbocycles. The molecule has 3 saturated heterocycles. The molecule has 0 unspecified atom stereocenters. The summed E-state index contributed by atoms with van der Waals surface area (Å²) in [6.07, 6.45) is 1.14. The predicted octanol–water partition coefficient (Wildman–Crippen LogP) is 3.14. The van der Waals surface area contributed by atoms with Gasteiger partial charge in [-0.05, 0) is 67.7 Å². The van der Waals surface area contributed by atoms with Crippen molar-refractivity contribution in [2.75, 3.05) is 52.9 Å². The van der Waals surface area contributed by atoms with Crippen LogP contribution in [0, 0.1) is 24.7 Å². The summed E-state index contributed by atoms with van der Waals surface area (Å²) in [5.74, 6) is 1.07. The molecular weight excluding hydrogens is 596 g/mol. The molecule has 0 amide bonds. The SMILES string of the molecule is COc1cc(C(=O)O[C@@H]2C[C@@H]3CN4CC[C@@]56OCCO[C@@]5(Nc5cc(C)ccc56)[C@H]4C[C@@H]3[C@H](C)[C@H]2O)cc(OC)c1OC.O=C=O. The second kappa shape index (κ2) is 12.5. The average Bonchev–Trinajstić information content (AvgIpc) is 3.36. The van der Waals surface area contributed by atoms with Crippen LogP contribution in [0.5, 0.6) is 17.2 Å². The first-order valence-electron chi connectivity index (χ1n) is 15.8. The van der Waals surface area contributed by atoms with Crippen molar-refractivity contribution in [2.24, 2.45) is 17.8 Å². The summed E-state index contributed by atoms with van der Waals surface area (Å²) in [6, 6.07) is 9.81. The molecule has 7 rings (SSSR count). The lowest BCUT2D eigenvalue weighted by atomic mass is 9.61. The second-order valence-electron chi connectivity index (χ2n) is 12.9. The van der Waals surface area contributed by atoms with Gasteiger partial charge in [-0.2, -0.15) is 9.59 Å². The fourth-order valence-corrected chi connectivity index (χ4v) is 8.79. The fraction of sp³-hybridized carbons (Fsp3) is 0.588. The fourth-order valence-electron chi connectivity index (χ4n) is 8.79. The molecule has 0 aromatic heterocycles. The number of carbonyl (C=O) groups excluding carboxylic acids is 3. The van der Waals surface area contributed by atoms with Gasteiger partial charge in [-0.25, -0.2) is 4.79 Å². The van der Waals surface area contributed by atoms with E-state index in [0.717, 1.165) is 31.6 Å². The van der Waals surface area contributed by atoms with Gasteiger partial charge in [0.15, 0.2) is 17.2 Å². The van der Waals surface area contributed by atoms with E-state index in [4.69, 9.17) is 38.0 Å². The number of anilines is 1. The first-order chi connectivity index (χ1) is 22.2. The third-order valence-corrected chi connectivity index (χ3v) is 10.8. The van der Waals surface area contributed by atoms with Crippen molar-refractivity contribution in [2.45, 2.75) is 62.7 Å². The monoisotopic (exact) mass is 638 g/mol. The highest BCUT2D eigenvalue weighted by Gasteiger charge is 2.70. The van der Waals surface area contributed by atoms with Crippen molar-refractivity contribution in [3.63, 3.8) is 0 Å². The topological polar surface area (TPSA) is 142 Å². The van der Waals surface area contributed by atoms with Gasteiger partial charge in [0.25, 0.3) is 0 Å². The predicted molar refractivity (Wildman–Crippen MR) is 163 cm³/mol. The molecule has 1 aliphatic carbocycles. The minimum atomic E-state index is -0.787. The van der Waals surface area contributed by atoms with Crippen LogP contribution >= 0.6 is 0 Å². The number of hydrogen-bond acceptors (Lipinski definition) is 12. The first kappa shape index (κ1) is 32.3. The van der Waals surface area contributed by atoms with Gasteiger partial charge in [0.1, 0.15) is 11.7 Å². The summed E-state index contributed by atoms with van der Waals surface area (Å²) in [5.41, 5.74) is 2.56. The van der Waals surface area contributed by atoms with Crippen molar-refractivity contribution in [3.05, 3.63) is 47.0 Å². The van der Waals surface area contributed by atoms with Crippen LogP contribution in [0.15, 0.2) is 30.3 Å². The highest BCUT2D eigenvalue weighted by molar-refractivity contribution is 5.91. The van der Waals surface area contributed by atoms with Crippen LogP contribution in [0.2, 0.25) is 0 Å². The number of nitrogens with zero attached hydrogens (tertiary/aromatic N) is 1. The largest absolute Gasteiger partial charge is 0.493 e. The normalized spacial score (nSPS) is 34.0. The smallest absolute Gasteiger partial charge is 0.373 e. The quantitative estimate of drug-likeness (QED) is 0.465. The van der Waals surface area contributed by atoms with Gasteiger partial charge < -0.3 is 38.8 Å². The molecule has 2 aromatic rings. The molecule has 8 atom stereocenters. The van der Waals surface area contributed by atoms with E-state index in [-0.39, 0.29) is 35.5 Å². The molecule has 4 aliphatic heterocycles. The van der Waals surface area contributed by atoms with E-state index in [1.165, 1.54) is 32.5 Å². The molecule has 0 bridgehead atoms. The Kier molecular flexibility index (Phi) is 8.77. The van der Waals surface area contributed by atoms with Crippen LogP contribution in [0.4, 0.5) is 5.69 Å². The zero-order valence-corrected chi connectivity index (χ0v) is 26.9. The van der Waals surface area contributed by atoms with Gasteiger partial charge in [-0.3, -0.25) is 4.90 Å². The minimum absolute atomic E-state index is 0.0677. The number of aryl methyl sites for hydroxylation is 1. The summed E-state index contributed by atoms with van der Waals surface area (Å²) in [5, 5.41) is 15.3. The molecule has 4 heterocycles. The van der Waals surface area contributed by atoms with Crippen molar-refractivity contribution in [1.29, 1.82) is 0 Å². The van der Waals surface area contributed by atoms with Gasteiger partial charge in [0, 0.05) is 24.3 Å². The first-order valence-corrected chi connectivity index (χ1v) is 15.8. The Labute approximate surface area is 268 Å². The number of fused-ring (bicyclic) bond motifs is 3. The Hall–Kier alpha value is -3.67. The molecule has 4 fully saturated rings. The molecule has 5 aliphatic rings. The molecule has 0 spiro atoms. The lowest BCUT2D eigenvalue weighted by Crippen LogP contribution is -2.75. The Balaban J connectivity index is 0.00000119. The van der Waals surface area contributed by atoms with E-state index in [2.05, 4.69) is 42.3 Å². The third-order valence-electron chi connectivity index (χ3n) is 10.8. The van der Waals surface area contributed by atoms with Gasteiger partial charge in [0.05, 0.1) is 52.3 Å². The van der Waals surface area contributed by atoms with E-state index in [1.807, 2.05) is 0 Å². The maximum atomic E-state index is 13.4.